The summed E-state index contributed by atoms with van der Waals surface area (Å²) >= 11 is 7.51. The van der Waals surface area contributed by atoms with Crippen molar-refractivity contribution in [1.82, 2.24) is 14.9 Å². The van der Waals surface area contributed by atoms with E-state index in [1.807, 2.05) is 53.4 Å². The van der Waals surface area contributed by atoms with Gasteiger partial charge < -0.3 is 14.6 Å². The minimum atomic E-state index is -0.138. The molecule has 0 spiro atoms. The Balaban J connectivity index is 1.61. The van der Waals surface area contributed by atoms with Gasteiger partial charge in [-0.3, -0.25) is 4.79 Å². The second-order valence-electron chi connectivity index (χ2n) is 6.54. The number of hydrogen-bond acceptors (Lipinski definition) is 4. The number of hydrogen-bond donors (Lipinski definition) is 1. The fourth-order valence-electron chi connectivity index (χ4n) is 3.10. The topological polar surface area (TPSA) is 56.1 Å². The minimum Gasteiger partial charge on any atom is -0.381 e. The predicted molar refractivity (Wildman–Crippen MR) is 108 cm³/mol. The second-order valence-corrected chi connectivity index (χ2v) is 7.95. The predicted octanol–water partition coefficient (Wildman–Crippen LogP) is 4.41. The molecule has 1 saturated heterocycles. The number of amides is 1. The lowest BCUT2D eigenvalue weighted by atomic mass is 10.0. The molecule has 3 heterocycles. The number of benzene rings is 1. The van der Waals surface area contributed by atoms with Gasteiger partial charge >= 0.3 is 0 Å². The Hall–Kier alpha value is -2.15. The van der Waals surface area contributed by atoms with E-state index in [-0.39, 0.29) is 5.91 Å². The van der Waals surface area contributed by atoms with E-state index in [2.05, 4.69) is 10.3 Å². The fourth-order valence-corrected chi connectivity index (χ4v) is 4.26. The number of carbonyl (C=O) groups excluding carboxylic acids is 1. The van der Waals surface area contributed by atoms with Gasteiger partial charge in [0, 0.05) is 37.2 Å². The van der Waals surface area contributed by atoms with E-state index in [0.29, 0.717) is 23.2 Å². The number of ether oxygens (including phenoxy) is 1. The van der Waals surface area contributed by atoms with E-state index in [0.717, 1.165) is 41.6 Å². The maximum absolute atomic E-state index is 12.9. The van der Waals surface area contributed by atoms with Crippen molar-refractivity contribution in [3.05, 3.63) is 59.5 Å². The van der Waals surface area contributed by atoms with Gasteiger partial charge in [-0.25, -0.2) is 4.98 Å². The van der Waals surface area contributed by atoms with Crippen molar-refractivity contribution in [3.8, 4) is 15.6 Å². The van der Waals surface area contributed by atoms with Crippen molar-refractivity contribution < 1.29 is 9.53 Å². The van der Waals surface area contributed by atoms with Crippen LogP contribution in [0, 0.1) is 5.92 Å². The van der Waals surface area contributed by atoms with Crippen molar-refractivity contribution in [2.45, 2.75) is 12.8 Å². The molecule has 1 aliphatic rings. The van der Waals surface area contributed by atoms with E-state index in [1.54, 1.807) is 0 Å². The molecule has 1 aromatic carbocycles. The van der Waals surface area contributed by atoms with E-state index < -0.39 is 0 Å². The Morgan fingerprint density at radius 1 is 1.22 bits per heavy atom. The maximum atomic E-state index is 12.9. The summed E-state index contributed by atoms with van der Waals surface area (Å²) in [5, 5.41) is 4.49. The Labute approximate surface area is 167 Å². The Kier molecular flexibility index (Phi) is 5.57. The number of halogens is 1. The molecule has 1 N–H and O–H groups in total. The number of nitrogens with zero attached hydrogens (tertiary/aromatic N) is 2. The van der Waals surface area contributed by atoms with E-state index in [1.165, 1.54) is 11.3 Å². The third-order valence-corrected chi connectivity index (χ3v) is 6.02. The number of rotatable bonds is 5. The average Bonchev–Trinajstić information content (AvgIpc) is 3.37. The van der Waals surface area contributed by atoms with Crippen LogP contribution in [0.3, 0.4) is 0 Å². The molecule has 0 saturated carbocycles. The molecule has 0 aliphatic carbocycles. The molecule has 1 aliphatic heterocycles. The largest absolute Gasteiger partial charge is 0.381 e. The van der Waals surface area contributed by atoms with Crippen LogP contribution in [0.15, 0.2) is 48.8 Å². The molecular formula is C20H20ClN3O2S. The normalized spacial score (nSPS) is 15.0. The number of aromatic nitrogens is 2. The molecule has 0 atom stereocenters. The fraction of sp³-hybridized carbons (Fsp3) is 0.300. The molecule has 0 radical (unpaired) electrons. The molecule has 1 fully saturated rings. The number of thiazole rings is 1. The summed E-state index contributed by atoms with van der Waals surface area (Å²) in [6.07, 6.45) is 5.81. The van der Waals surface area contributed by atoms with Crippen molar-refractivity contribution in [2.75, 3.05) is 19.8 Å². The lowest BCUT2D eigenvalue weighted by Crippen LogP contribution is -2.32. The molecule has 4 rings (SSSR count). The van der Waals surface area contributed by atoms with Gasteiger partial charge in [-0.05, 0) is 48.6 Å². The third kappa shape index (κ3) is 4.24. The van der Waals surface area contributed by atoms with Gasteiger partial charge in [0.05, 0.1) is 4.88 Å². The zero-order chi connectivity index (χ0) is 18.6. The van der Waals surface area contributed by atoms with Crippen LogP contribution in [0.5, 0.6) is 0 Å². The molecule has 1 amide bonds. The summed E-state index contributed by atoms with van der Waals surface area (Å²) < 4.78 is 7.30. The lowest BCUT2D eigenvalue weighted by molar-refractivity contribution is 0.0642. The first-order chi connectivity index (χ1) is 13.2. The van der Waals surface area contributed by atoms with Crippen LogP contribution in [0.4, 0.5) is 0 Å². The Bertz CT molecular complexity index is 900. The van der Waals surface area contributed by atoms with E-state index in [4.69, 9.17) is 16.3 Å². The third-order valence-electron chi connectivity index (χ3n) is 4.65. The summed E-state index contributed by atoms with van der Waals surface area (Å²) in [5.74, 6) is 0.324. The summed E-state index contributed by atoms with van der Waals surface area (Å²) in [5.41, 5.74) is 1.39. The number of nitrogens with one attached hydrogen (secondary N) is 1. The molecular weight excluding hydrogens is 382 g/mol. The van der Waals surface area contributed by atoms with E-state index >= 15 is 0 Å². The van der Waals surface area contributed by atoms with Gasteiger partial charge in [0.1, 0.15) is 5.69 Å². The van der Waals surface area contributed by atoms with Crippen molar-refractivity contribution >= 4 is 28.8 Å². The summed E-state index contributed by atoms with van der Waals surface area (Å²) in [4.78, 5) is 18.4. The summed E-state index contributed by atoms with van der Waals surface area (Å²) in [7, 11) is 0. The first-order valence-corrected chi connectivity index (χ1v) is 10.2. The molecule has 2 aromatic heterocycles. The standard InChI is InChI=1S/C20H20ClN3O2S/c21-16-5-3-15(4-6-16)18-17(23-20(27-18)24-9-1-2-10-24)19(25)22-13-14-7-11-26-12-8-14/h1-6,9-10,14H,7-8,11-13H2,(H,22,25). The maximum Gasteiger partial charge on any atom is 0.271 e. The average molecular weight is 402 g/mol. The summed E-state index contributed by atoms with van der Waals surface area (Å²) in [6, 6.07) is 11.4. The lowest BCUT2D eigenvalue weighted by Gasteiger charge is -2.22. The molecule has 3 aromatic rings. The Morgan fingerprint density at radius 2 is 1.93 bits per heavy atom. The van der Waals surface area contributed by atoms with Crippen LogP contribution in [-0.4, -0.2) is 35.2 Å². The highest BCUT2D eigenvalue weighted by molar-refractivity contribution is 7.17. The highest BCUT2D eigenvalue weighted by atomic mass is 35.5. The zero-order valence-corrected chi connectivity index (χ0v) is 16.3. The van der Waals surface area contributed by atoms with Crippen molar-refractivity contribution in [2.24, 2.45) is 5.92 Å². The van der Waals surface area contributed by atoms with E-state index in [9.17, 15) is 4.79 Å². The molecule has 0 unspecified atom stereocenters. The van der Waals surface area contributed by atoms with Crippen LogP contribution in [0.1, 0.15) is 23.3 Å². The van der Waals surface area contributed by atoms with Crippen molar-refractivity contribution in [3.63, 3.8) is 0 Å². The van der Waals surface area contributed by atoms with Gasteiger partial charge in [0.25, 0.3) is 5.91 Å². The number of carbonyl (C=O) groups is 1. The highest BCUT2D eigenvalue weighted by Gasteiger charge is 2.22. The van der Waals surface area contributed by atoms with Crippen LogP contribution < -0.4 is 5.32 Å². The molecule has 5 nitrogen and oxygen atoms in total. The molecule has 7 heteroatoms. The zero-order valence-electron chi connectivity index (χ0n) is 14.7. The van der Waals surface area contributed by atoms with Gasteiger partial charge in [0.15, 0.2) is 5.13 Å². The SMILES string of the molecule is O=C(NCC1CCOCC1)c1nc(-n2cccc2)sc1-c1ccc(Cl)cc1. The monoisotopic (exact) mass is 401 g/mol. The first-order valence-electron chi connectivity index (χ1n) is 8.97. The van der Waals surface area contributed by atoms with Crippen LogP contribution >= 0.6 is 22.9 Å². The molecule has 140 valence electrons. The van der Waals surface area contributed by atoms with Crippen LogP contribution in [0.2, 0.25) is 5.02 Å². The summed E-state index contributed by atoms with van der Waals surface area (Å²) in [6.45, 7) is 2.19. The Morgan fingerprint density at radius 3 is 2.63 bits per heavy atom. The van der Waals surface area contributed by atoms with Crippen LogP contribution in [-0.2, 0) is 4.74 Å². The second kappa shape index (κ2) is 8.25. The quantitative estimate of drug-likeness (QED) is 0.688. The van der Waals surface area contributed by atoms with Gasteiger partial charge in [0.2, 0.25) is 0 Å². The van der Waals surface area contributed by atoms with Crippen LogP contribution in [0.25, 0.3) is 15.6 Å². The van der Waals surface area contributed by atoms with Gasteiger partial charge in [-0.2, -0.15) is 0 Å². The van der Waals surface area contributed by atoms with Crippen molar-refractivity contribution in [1.29, 1.82) is 0 Å². The molecule has 0 bridgehead atoms. The molecule has 27 heavy (non-hydrogen) atoms. The van der Waals surface area contributed by atoms with Gasteiger partial charge in [-0.15, -0.1) is 0 Å². The minimum absolute atomic E-state index is 0.138. The first kappa shape index (κ1) is 18.2. The smallest absolute Gasteiger partial charge is 0.271 e. The van der Waals surface area contributed by atoms with Gasteiger partial charge in [-0.1, -0.05) is 35.1 Å². The highest BCUT2D eigenvalue weighted by Crippen LogP contribution is 2.33.